The highest BCUT2D eigenvalue weighted by atomic mass is 19.4. The van der Waals surface area contributed by atoms with Crippen LogP contribution in [0, 0.1) is 30.6 Å². The summed E-state index contributed by atoms with van der Waals surface area (Å²) in [4.78, 5) is 42.8. The van der Waals surface area contributed by atoms with E-state index in [9.17, 15) is 53.1 Å². The van der Waals surface area contributed by atoms with Gasteiger partial charge in [0.1, 0.15) is 23.4 Å². The van der Waals surface area contributed by atoms with Crippen LogP contribution in [0.3, 0.4) is 0 Å². The van der Waals surface area contributed by atoms with Crippen molar-refractivity contribution in [1.82, 2.24) is 9.91 Å². The number of anilines is 1. The smallest absolute Gasteiger partial charge is 0.416 e. The van der Waals surface area contributed by atoms with Crippen LogP contribution < -0.4 is 10.1 Å². The molecule has 0 saturated carbocycles. The Balaban J connectivity index is 1.43. The zero-order valence-corrected chi connectivity index (χ0v) is 40.0. The summed E-state index contributed by atoms with van der Waals surface area (Å²) in [6.07, 6.45) is -0.100. The number of aromatic hydroxyl groups is 3. The lowest BCUT2D eigenvalue weighted by molar-refractivity contribution is -0.160. The van der Waals surface area contributed by atoms with Crippen molar-refractivity contribution < 1.29 is 72.0 Å². The maximum Gasteiger partial charge on any atom is 0.416 e. The van der Waals surface area contributed by atoms with Crippen LogP contribution in [-0.2, 0) is 36.5 Å². The number of carbonyl (C=O) groups is 3. The Morgan fingerprint density at radius 2 is 1.64 bits per heavy atom. The fraction of sp³-hybridized carbons (Fsp3) is 0.480. The van der Waals surface area contributed by atoms with Gasteiger partial charge in [-0.2, -0.15) is 18.3 Å². The Hall–Kier alpha value is -6.15. The number of nitrogens with zero attached hydrogens (tertiary/aromatic N) is 3. The molecule has 0 radical (unpaired) electrons. The Kier molecular flexibility index (Phi) is 15.8. The number of carbonyl (C=O) groups excluding carboxylic acids is 3. The van der Waals surface area contributed by atoms with E-state index in [-0.39, 0.29) is 51.0 Å². The number of methoxy groups -OCH3 is 1. The van der Waals surface area contributed by atoms with E-state index in [1.165, 1.54) is 59.2 Å². The molecule has 4 heterocycles. The molecule has 0 unspecified atom stereocenters. The Labute approximate surface area is 398 Å². The molecule has 6 N–H and O–H groups in total. The number of ether oxygens (including phenoxy) is 4. The summed E-state index contributed by atoms with van der Waals surface area (Å²) in [5, 5.41) is 67.0. The SMILES string of the molecule is CO[C@@H]1C=CO[C@@]2(C)Oc3c(C)c(O)c4c(O)c(c(C=NN5CCN(Cc6cccc(C(F)(F)F)c6)CC5)c(O)c4c3C2=O)NC(=O)C(C)=CC=C[C@H](C)[C@H](O)[C@H](C)[C@H](O)[C@H](C)[C@H](OC(C)=O)[C@H]1C. The van der Waals surface area contributed by atoms with Gasteiger partial charge in [0, 0.05) is 93.9 Å². The van der Waals surface area contributed by atoms with Gasteiger partial charge in [-0.3, -0.25) is 24.3 Å². The first-order valence-corrected chi connectivity index (χ1v) is 22.6. The van der Waals surface area contributed by atoms with Crippen LogP contribution in [-0.4, -0.2) is 123 Å². The lowest BCUT2D eigenvalue weighted by atomic mass is 9.78. The van der Waals surface area contributed by atoms with Crippen LogP contribution in [0.15, 0.2) is 65.5 Å². The number of amides is 1. The Morgan fingerprint density at radius 1 is 0.957 bits per heavy atom. The van der Waals surface area contributed by atoms with Gasteiger partial charge in [-0.1, -0.05) is 64.1 Å². The van der Waals surface area contributed by atoms with E-state index in [2.05, 4.69) is 10.4 Å². The van der Waals surface area contributed by atoms with E-state index in [0.717, 1.165) is 18.4 Å². The van der Waals surface area contributed by atoms with Crippen molar-refractivity contribution in [2.75, 3.05) is 38.6 Å². The van der Waals surface area contributed by atoms with Crippen molar-refractivity contribution in [2.24, 2.45) is 28.8 Å². The molecule has 19 heteroatoms. The molecule has 0 spiro atoms. The van der Waals surface area contributed by atoms with E-state index in [1.807, 2.05) is 4.90 Å². The molecule has 9 atom stereocenters. The number of piperazine rings is 1. The first kappa shape index (κ1) is 52.2. The van der Waals surface area contributed by atoms with Crippen molar-refractivity contribution in [3.05, 3.63) is 88.2 Å². The number of hydrogen-bond acceptors (Lipinski definition) is 15. The predicted molar refractivity (Wildman–Crippen MR) is 250 cm³/mol. The Bertz CT molecular complexity index is 2570. The van der Waals surface area contributed by atoms with Gasteiger partial charge in [-0.25, -0.2) is 0 Å². The molecule has 4 aliphatic heterocycles. The number of nitrogens with one attached hydrogen (secondary N) is 1. The standard InChI is InChI=1S/C50H61F3N4O12/c1-25-12-10-13-26(2)48(65)55-39-34(23-54-57-19-17-56(18-20-57)24-32-14-11-15-33(22-32)50(51,52)53)43(62)36-37(44(39)63)42(61)30(6)46-38(36)47(64)49(8,69-46)67-21-16-35(66-9)27(3)45(68-31(7)58)29(5)41(60)28(4)40(25)59/h10-16,21-23,25,27-29,35,40-41,45,59-63H,17-20,24H2,1-9H3,(H,55,65)/t25-,27-,28-,29-,35+,40-,41-,45+,49-/m0/s1. The summed E-state index contributed by atoms with van der Waals surface area (Å²) in [5.41, 5.74) is -1.02. The molecule has 0 aliphatic carbocycles. The number of Topliss-reactive ketones (excluding diaryl/α,β-unsaturated/α-hetero) is 1. The number of rotatable bonds is 6. The lowest BCUT2D eigenvalue weighted by Gasteiger charge is -2.38. The summed E-state index contributed by atoms with van der Waals surface area (Å²) in [7, 11) is 1.41. The zero-order chi connectivity index (χ0) is 50.9. The number of hydrogen-bond donors (Lipinski definition) is 6. The molecule has 1 saturated heterocycles. The molecule has 3 aromatic rings. The van der Waals surface area contributed by atoms with E-state index >= 15 is 0 Å². The third kappa shape index (κ3) is 10.9. The van der Waals surface area contributed by atoms with Gasteiger partial charge in [0.2, 0.25) is 0 Å². The predicted octanol–water partition coefficient (Wildman–Crippen LogP) is 6.92. The molecule has 16 nitrogen and oxygen atoms in total. The normalized spacial score (nSPS) is 27.7. The fourth-order valence-corrected chi connectivity index (χ4v) is 9.13. The highest BCUT2D eigenvalue weighted by Gasteiger charge is 2.50. The summed E-state index contributed by atoms with van der Waals surface area (Å²) in [5.74, 6) is -9.08. The average Bonchev–Trinajstić information content (AvgIpc) is 3.57. The van der Waals surface area contributed by atoms with Crippen molar-refractivity contribution >= 4 is 40.3 Å². The third-order valence-corrected chi connectivity index (χ3v) is 13.4. The second kappa shape index (κ2) is 20.8. The van der Waals surface area contributed by atoms with Gasteiger partial charge >= 0.3 is 17.9 Å². The topological polar surface area (TPSA) is 220 Å². The second-order valence-electron chi connectivity index (χ2n) is 18.3. The van der Waals surface area contributed by atoms with Crippen LogP contribution in [0.25, 0.3) is 10.8 Å². The molecular formula is C50H61F3N4O12. The molecule has 0 aromatic heterocycles. The van der Waals surface area contributed by atoms with E-state index in [0.29, 0.717) is 31.7 Å². The number of phenols is 3. The lowest BCUT2D eigenvalue weighted by Crippen LogP contribution is -2.46. The first-order valence-electron chi connectivity index (χ1n) is 22.6. The average molecular weight is 967 g/mol. The van der Waals surface area contributed by atoms with Crippen LogP contribution in [0.4, 0.5) is 18.9 Å². The number of ketones is 1. The molecule has 1 fully saturated rings. The number of esters is 1. The van der Waals surface area contributed by atoms with Crippen molar-refractivity contribution in [3.63, 3.8) is 0 Å². The molecule has 4 aliphatic rings. The largest absolute Gasteiger partial charge is 0.507 e. The maximum atomic E-state index is 14.6. The minimum Gasteiger partial charge on any atom is -0.507 e. The number of aliphatic hydroxyl groups excluding tert-OH is 2. The number of aliphatic hydroxyl groups is 2. The summed E-state index contributed by atoms with van der Waals surface area (Å²) in [6, 6.07) is 5.11. The molecule has 374 valence electrons. The summed E-state index contributed by atoms with van der Waals surface area (Å²) >= 11 is 0. The van der Waals surface area contributed by atoms with Gasteiger partial charge in [-0.05, 0) is 31.6 Å². The van der Waals surface area contributed by atoms with Gasteiger partial charge in [0.05, 0.1) is 58.6 Å². The number of alkyl halides is 3. The highest BCUT2D eigenvalue weighted by molar-refractivity contribution is 6.23. The van der Waals surface area contributed by atoms with Crippen LogP contribution in [0.1, 0.15) is 81.1 Å². The number of fused-ring (bicyclic) bond motifs is 14. The van der Waals surface area contributed by atoms with Crippen LogP contribution >= 0.6 is 0 Å². The third-order valence-electron chi connectivity index (χ3n) is 13.4. The molecular weight excluding hydrogens is 906 g/mol. The molecule has 3 aromatic carbocycles. The van der Waals surface area contributed by atoms with Crippen LogP contribution in [0.2, 0.25) is 0 Å². The van der Waals surface area contributed by atoms with E-state index in [1.54, 1.807) is 50.9 Å². The van der Waals surface area contributed by atoms with Gasteiger partial charge in [-0.15, -0.1) is 0 Å². The molecule has 5 bridgehead atoms. The van der Waals surface area contributed by atoms with Crippen molar-refractivity contribution in [1.29, 1.82) is 0 Å². The molecule has 7 rings (SSSR count). The first-order chi connectivity index (χ1) is 32.4. The summed E-state index contributed by atoms with van der Waals surface area (Å²) in [6.45, 7) is 13.9. The monoisotopic (exact) mass is 966 g/mol. The quantitative estimate of drug-likeness (QED) is 0.0639. The van der Waals surface area contributed by atoms with Gasteiger partial charge in [0.25, 0.3) is 11.7 Å². The van der Waals surface area contributed by atoms with Gasteiger partial charge in [0.15, 0.2) is 5.75 Å². The van der Waals surface area contributed by atoms with Crippen LogP contribution in [0.5, 0.6) is 23.0 Å². The number of halogens is 3. The fourth-order valence-electron chi connectivity index (χ4n) is 9.13. The number of phenolic OH excluding ortho intramolecular Hbond substituents is 3. The Morgan fingerprint density at radius 3 is 2.28 bits per heavy atom. The summed E-state index contributed by atoms with van der Waals surface area (Å²) < 4.78 is 63.8. The minimum atomic E-state index is -4.48. The van der Waals surface area contributed by atoms with Gasteiger partial charge < -0.3 is 49.8 Å². The highest BCUT2D eigenvalue weighted by Crippen LogP contribution is 2.55. The molecule has 69 heavy (non-hydrogen) atoms. The molecule has 1 amide bonds. The number of hydrazone groups is 1. The number of allylic oxidation sites excluding steroid dienone is 2. The minimum absolute atomic E-state index is 0.00372. The number of benzene rings is 3. The van der Waals surface area contributed by atoms with E-state index < -0.39 is 101 Å². The van der Waals surface area contributed by atoms with Crippen molar-refractivity contribution in [2.45, 2.75) is 98.3 Å². The zero-order valence-electron chi connectivity index (χ0n) is 40.0. The van der Waals surface area contributed by atoms with E-state index in [4.69, 9.17) is 18.9 Å². The maximum absolute atomic E-state index is 14.6. The van der Waals surface area contributed by atoms with Crippen molar-refractivity contribution in [3.8, 4) is 23.0 Å². The second-order valence-corrected chi connectivity index (χ2v) is 18.3.